The number of ether oxygens (including phenoxy) is 1. The lowest BCUT2D eigenvalue weighted by Gasteiger charge is -2.34. The van der Waals surface area contributed by atoms with Gasteiger partial charge in [0, 0.05) is 5.92 Å². The van der Waals surface area contributed by atoms with E-state index in [0.717, 1.165) is 0 Å². The fourth-order valence-electron chi connectivity index (χ4n) is 2.34. The minimum absolute atomic E-state index is 0.0448. The standard InChI is InChI=1S/C12H19NO4/c1-12(2,3)17-11(16)13-8-5-4-7(8)6-9(13)10(14)15/h4-5,7-10,14-15H,6H2,1-3H3/t7-,8-,9?/m1/s1. The van der Waals surface area contributed by atoms with Crippen LogP contribution < -0.4 is 0 Å². The van der Waals surface area contributed by atoms with Crippen LogP contribution in [0.25, 0.3) is 0 Å². The predicted octanol–water partition coefficient (Wildman–Crippen LogP) is 0.861. The molecule has 1 saturated heterocycles. The minimum atomic E-state index is -1.52. The summed E-state index contributed by atoms with van der Waals surface area (Å²) in [7, 11) is 0. The zero-order valence-corrected chi connectivity index (χ0v) is 10.3. The Kier molecular flexibility index (Phi) is 2.91. The molecule has 2 aliphatic rings. The van der Waals surface area contributed by atoms with E-state index in [-0.39, 0.29) is 12.0 Å². The molecule has 2 rings (SSSR count). The van der Waals surface area contributed by atoms with E-state index in [1.807, 2.05) is 12.2 Å². The van der Waals surface area contributed by atoms with Crippen LogP contribution in [-0.2, 0) is 4.74 Å². The zero-order chi connectivity index (χ0) is 12.8. The Morgan fingerprint density at radius 2 is 2.06 bits per heavy atom. The maximum Gasteiger partial charge on any atom is 0.411 e. The number of hydrogen-bond acceptors (Lipinski definition) is 4. The van der Waals surface area contributed by atoms with Gasteiger partial charge in [-0.05, 0) is 27.2 Å². The monoisotopic (exact) mass is 241 g/mol. The summed E-state index contributed by atoms with van der Waals surface area (Å²) in [5.74, 6) is 0.231. The van der Waals surface area contributed by atoms with Crippen LogP contribution in [0.3, 0.4) is 0 Å². The second-order valence-corrected chi connectivity index (χ2v) is 5.64. The lowest BCUT2D eigenvalue weighted by molar-refractivity contribution is -0.0939. The van der Waals surface area contributed by atoms with Gasteiger partial charge in [0.1, 0.15) is 5.60 Å². The molecule has 0 aromatic carbocycles. The fraction of sp³-hybridized carbons (Fsp3) is 0.750. The van der Waals surface area contributed by atoms with E-state index >= 15 is 0 Å². The molecule has 1 unspecified atom stereocenters. The van der Waals surface area contributed by atoms with Crippen LogP contribution in [0.1, 0.15) is 27.2 Å². The number of aliphatic hydroxyl groups is 2. The average molecular weight is 241 g/mol. The van der Waals surface area contributed by atoms with Gasteiger partial charge in [0.2, 0.25) is 0 Å². The highest BCUT2D eigenvalue weighted by molar-refractivity contribution is 5.70. The molecule has 1 aliphatic heterocycles. The first-order valence-corrected chi connectivity index (χ1v) is 5.85. The Bertz CT molecular complexity index is 345. The highest BCUT2D eigenvalue weighted by Gasteiger charge is 2.48. The van der Waals surface area contributed by atoms with Crippen molar-refractivity contribution in [2.45, 2.75) is 51.2 Å². The Morgan fingerprint density at radius 1 is 1.41 bits per heavy atom. The summed E-state index contributed by atoms with van der Waals surface area (Å²) in [5, 5.41) is 18.6. The maximum atomic E-state index is 12.0. The molecule has 0 radical (unpaired) electrons. The molecular formula is C12H19NO4. The third-order valence-electron chi connectivity index (χ3n) is 3.13. The SMILES string of the molecule is CC(C)(C)OC(=O)N1C(C(O)O)C[C@H]2C=C[C@H]21. The van der Waals surface area contributed by atoms with Gasteiger partial charge in [-0.1, -0.05) is 12.2 Å². The molecule has 0 bridgehead atoms. The van der Waals surface area contributed by atoms with Crippen molar-refractivity contribution in [3.63, 3.8) is 0 Å². The van der Waals surface area contributed by atoms with Crippen LogP contribution >= 0.6 is 0 Å². The van der Waals surface area contributed by atoms with Crippen LogP contribution in [0.5, 0.6) is 0 Å². The normalized spacial score (nSPS) is 31.4. The second kappa shape index (κ2) is 3.99. The van der Waals surface area contributed by atoms with E-state index in [1.165, 1.54) is 4.90 Å². The summed E-state index contributed by atoms with van der Waals surface area (Å²) in [6.45, 7) is 5.37. The van der Waals surface area contributed by atoms with Crippen molar-refractivity contribution in [3.8, 4) is 0 Å². The first-order chi connectivity index (χ1) is 7.79. The molecule has 96 valence electrons. The second-order valence-electron chi connectivity index (χ2n) is 5.64. The van der Waals surface area contributed by atoms with E-state index < -0.39 is 24.0 Å². The number of aliphatic hydroxyl groups excluding tert-OH is 1. The molecule has 1 fully saturated rings. The van der Waals surface area contributed by atoms with Crippen LogP contribution in [0, 0.1) is 5.92 Å². The molecule has 17 heavy (non-hydrogen) atoms. The zero-order valence-electron chi connectivity index (χ0n) is 10.3. The molecule has 5 heteroatoms. The van der Waals surface area contributed by atoms with Crippen LogP contribution in [0.2, 0.25) is 0 Å². The lowest BCUT2D eigenvalue weighted by Crippen LogP contribution is -2.49. The van der Waals surface area contributed by atoms with Crippen molar-refractivity contribution >= 4 is 6.09 Å². The summed E-state index contributed by atoms with van der Waals surface area (Å²) in [6, 6.07) is -0.619. The summed E-state index contributed by atoms with van der Waals surface area (Å²) in [5.41, 5.74) is -0.576. The van der Waals surface area contributed by atoms with Gasteiger partial charge in [0.15, 0.2) is 6.29 Å². The van der Waals surface area contributed by atoms with E-state index in [9.17, 15) is 15.0 Å². The first-order valence-electron chi connectivity index (χ1n) is 5.85. The molecule has 5 nitrogen and oxygen atoms in total. The smallest absolute Gasteiger partial charge is 0.411 e. The van der Waals surface area contributed by atoms with Gasteiger partial charge in [-0.25, -0.2) is 4.79 Å². The fourth-order valence-corrected chi connectivity index (χ4v) is 2.34. The molecular weight excluding hydrogens is 222 g/mol. The van der Waals surface area contributed by atoms with Gasteiger partial charge in [-0.15, -0.1) is 0 Å². The van der Waals surface area contributed by atoms with Gasteiger partial charge < -0.3 is 14.9 Å². The third-order valence-corrected chi connectivity index (χ3v) is 3.13. The topological polar surface area (TPSA) is 70.0 Å². The molecule has 1 aliphatic carbocycles. The molecule has 0 saturated carbocycles. The van der Waals surface area contributed by atoms with E-state index in [1.54, 1.807) is 20.8 Å². The van der Waals surface area contributed by atoms with Crippen molar-refractivity contribution in [3.05, 3.63) is 12.2 Å². The van der Waals surface area contributed by atoms with Gasteiger partial charge >= 0.3 is 6.09 Å². The van der Waals surface area contributed by atoms with Crippen molar-refractivity contribution in [2.75, 3.05) is 0 Å². The lowest BCUT2D eigenvalue weighted by atomic mass is 9.89. The number of amides is 1. The number of hydrogen-bond donors (Lipinski definition) is 2. The first kappa shape index (κ1) is 12.4. The summed E-state index contributed by atoms with van der Waals surface area (Å²) in [6.07, 6.45) is 2.47. The average Bonchev–Trinajstić information content (AvgIpc) is 2.35. The van der Waals surface area contributed by atoms with Crippen molar-refractivity contribution in [2.24, 2.45) is 5.92 Å². The van der Waals surface area contributed by atoms with Crippen LogP contribution in [-0.4, -0.2) is 45.2 Å². The largest absolute Gasteiger partial charge is 0.444 e. The van der Waals surface area contributed by atoms with Gasteiger partial charge in [0.05, 0.1) is 12.1 Å². The molecule has 3 atom stereocenters. The van der Waals surface area contributed by atoms with Crippen molar-refractivity contribution < 1.29 is 19.7 Å². The summed E-state index contributed by atoms with van der Waals surface area (Å²) < 4.78 is 5.29. The molecule has 1 amide bonds. The number of carbonyl (C=O) groups excluding carboxylic acids is 1. The third kappa shape index (κ3) is 2.30. The highest BCUT2D eigenvalue weighted by atomic mass is 16.6. The molecule has 0 spiro atoms. The molecule has 1 heterocycles. The Hall–Kier alpha value is -1.07. The quantitative estimate of drug-likeness (QED) is 0.527. The summed E-state index contributed by atoms with van der Waals surface area (Å²) >= 11 is 0. The Labute approximate surface area is 101 Å². The van der Waals surface area contributed by atoms with Crippen molar-refractivity contribution in [1.82, 2.24) is 4.90 Å². The van der Waals surface area contributed by atoms with Gasteiger partial charge in [-0.3, -0.25) is 4.90 Å². The van der Waals surface area contributed by atoms with Crippen molar-refractivity contribution in [1.29, 1.82) is 0 Å². The number of carbonyl (C=O) groups is 1. The Balaban J connectivity index is 2.11. The number of rotatable bonds is 1. The number of likely N-dealkylation sites (tertiary alicyclic amines) is 1. The molecule has 0 aromatic rings. The predicted molar refractivity (Wildman–Crippen MR) is 61.1 cm³/mol. The number of nitrogens with zero attached hydrogens (tertiary/aromatic N) is 1. The van der Waals surface area contributed by atoms with Gasteiger partial charge in [0.25, 0.3) is 0 Å². The Morgan fingerprint density at radius 3 is 2.47 bits per heavy atom. The van der Waals surface area contributed by atoms with E-state index in [2.05, 4.69) is 0 Å². The van der Waals surface area contributed by atoms with Crippen LogP contribution in [0.4, 0.5) is 4.79 Å². The van der Waals surface area contributed by atoms with Crippen LogP contribution in [0.15, 0.2) is 12.2 Å². The number of fused-ring (bicyclic) bond motifs is 1. The highest BCUT2D eigenvalue weighted by Crippen LogP contribution is 2.39. The molecule has 0 aromatic heterocycles. The van der Waals surface area contributed by atoms with Gasteiger partial charge in [-0.2, -0.15) is 0 Å². The van der Waals surface area contributed by atoms with E-state index in [4.69, 9.17) is 4.74 Å². The van der Waals surface area contributed by atoms with E-state index in [0.29, 0.717) is 6.42 Å². The molecule has 2 N–H and O–H groups in total. The summed E-state index contributed by atoms with van der Waals surface area (Å²) in [4.78, 5) is 13.5. The minimum Gasteiger partial charge on any atom is -0.444 e. The maximum absolute atomic E-state index is 12.0.